The molecule has 0 aliphatic rings. The van der Waals surface area contributed by atoms with Crippen molar-refractivity contribution in [3.8, 4) is 0 Å². The summed E-state index contributed by atoms with van der Waals surface area (Å²) in [4.78, 5) is 21.7. The largest absolute Gasteiger partial charge is 0.378 e. The number of H-pyrrole nitrogens is 1. The van der Waals surface area contributed by atoms with E-state index in [4.69, 9.17) is 0 Å². The fraction of sp³-hybridized carbons (Fsp3) is 0.0909. The second kappa shape index (κ2) is 5.61. The van der Waals surface area contributed by atoms with E-state index in [1.807, 2.05) is 0 Å². The lowest BCUT2D eigenvalue weighted by atomic mass is 10.2. The molecule has 1 aromatic heterocycles. The second-order valence-electron chi connectivity index (χ2n) is 3.67. The molecule has 19 heavy (non-hydrogen) atoms. The number of nitro groups is 1. The third-order valence-corrected chi connectivity index (χ3v) is 3.24. The second-order valence-corrected chi connectivity index (χ2v) is 4.46. The van der Waals surface area contributed by atoms with Crippen LogP contribution in [0.4, 0.5) is 11.4 Å². The molecule has 2 aromatic rings. The van der Waals surface area contributed by atoms with Crippen LogP contribution in [0.2, 0.25) is 0 Å². The number of benzene rings is 1. The minimum Gasteiger partial charge on any atom is -0.378 e. The molecular weight excluding hydrogens is 316 g/mol. The number of nitrogens with zero attached hydrogens (tertiary/aromatic N) is 2. The molecule has 1 aromatic carbocycles. The van der Waals surface area contributed by atoms with E-state index in [9.17, 15) is 14.9 Å². The Labute approximate surface area is 115 Å². The van der Waals surface area contributed by atoms with Crippen LogP contribution >= 0.6 is 15.9 Å². The van der Waals surface area contributed by atoms with Gasteiger partial charge in [-0.3, -0.25) is 14.9 Å². The molecule has 0 bridgehead atoms. The Kier molecular flexibility index (Phi) is 3.91. The lowest BCUT2D eigenvalue weighted by Gasteiger charge is -2.07. The van der Waals surface area contributed by atoms with Gasteiger partial charge in [-0.05, 0) is 15.9 Å². The van der Waals surface area contributed by atoms with Crippen LogP contribution in [0.1, 0.15) is 5.56 Å². The third kappa shape index (κ3) is 2.97. The lowest BCUT2D eigenvalue weighted by molar-refractivity contribution is -0.385. The van der Waals surface area contributed by atoms with Gasteiger partial charge in [0.25, 0.3) is 11.2 Å². The number of hydrogen-bond acceptors (Lipinski definition) is 5. The fourth-order valence-corrected chi connectivity index (χ4v) is 1.87. The summed E-state index contributed by atoms with van der Waals surface area (Å²) < 4.78 is 0.307. The monoisotopic (exact) mass is 324 g/mol. The fourth-order valence-electron chi connectivity index (χ4n) is 1.54. The highest BCUT2D eigenvalue weighted by Crippen LogP contribution is 2.21. The van der Waals surface area contributed by atoms with Gasteiger partial charge in [-0.2, -0.15) is 5.10 Å². The van der Waals surface area contributed by atoms with Crippen molar-refractivity contribution >= 4 is 27.3 Å². The van der Waals surface area contributed by atoms with Crippen molar-refractivity contribution in [3.63, 3.8) is 0 Å². The van der Waals surface area contributed by atoms with E-state index in [-0.39, 0.29) is 17.8 Å². The molecule has 2 N–H and O–H groups in total. The molecule has 0 aliphatic carbocycles. The van der Waals surface area contributed by atoms with Crippen LogP contribution in [0.3, 0.4) is 0 Å². The van der Waals surface area contributed by atoms with Crippen LogP contribution in [-0.2, 0) is 6.54 Å². The Hall–Kier alpha value is -2.22. The predicted octanol–water partition coefficient (Wildman–Crippen LogP) is 2.05. The molecule has 8 heteroatoms. The van der Waals surface area contributed by atoms with E-state index < -0.39 is 4.92 Å². The third-order valence-electron chi connectivity index (χ3n) is 2.45. The normalized spacial score (nSPS) is 10.2. The van der Waals surface area contributed by atoms with Crippen molar-refractivity contribution in [2.24, 2.45) is 0 Å². The molecule has 2 rings (SSSR count). The maximum atomic E-state index is 11.3. The highest BCUT2D eigenvalue weighted by atomic mass is 79.9. The molecule has 0 amide bonds. The van der Waals surface area contributed by atoms with Gasteiger partial charge >= 0.3 is 0 Å². The topological polar surface area (TPSA) is 101 Å². The zero-order valence-electron chi connectivity index (χ0n) is 9.59. The van der Waals surface area contributed by atoms with Crippen molar-refractivity contribution in [2.45, 2.75) is 6.54 Å². The maximum Gasteiger partial charge on any atom is 0.280 e. The molecule has 0 aliphatic heterocycles. The van der Waals surface area contributed by atoms with E-state index in [1.54, 1.807) is 18.2 Å². The number of rotatable bonds is 4. The van der Waals surface area contributed by atoms with E-state index in [0.717, 1.165) is 0 Å². The van der Waals surface area contributed by atoms with Crippen LogP contribution in [0, 0.1) is 10.1 Å². The Morgan fingerprint density at radius 1 is 1.42 bits per heavy atom. The average molecular weight is 325 g/mol. The number of aromatic nitrogens is 2. The summed E-state index contributed by atoms with van der Waals surface area (Å²) in [6, 6.07) is 6.41. The molecule has 0 atom stereocenters. The molecular formula is C11H9BrN4O3. The molecule has 0 saturated heterocycles. The van der Waals surface area contributed by atoms with Crippen molar-refractivity contribution in [3.05, 3.63) is 61.0 Å². The Balaban J connectivity index is 2.22. The van der Waals surface area contributed by atoms with Crippen LogP contribution < -0.4 is 10.9 Å². The van der Waals surface area contributed by atoms with E-state index in [0.29, 0.717) is 15.7 Å². The van der Waals surface area contributed by atoms with Gasteiger partial charge in [0.05, 0.1) is 16.8 Å². The maximum absolute atomic E-state index is 11.3. The quantitative estimate of drug-likeness (QED) is 0.662. The average Bonchev–Trinajstić information content (AvgIpc) is 2.40. The van der Waals surface area contributed by atoms with Gasteiger partial charge in [-0.1, -0.05) is 18.2 Å². The van der Waals surface area contributed by atoms with Crippen LogP contribution in [0.25, 0.3) is 0 Å². The van der Waals surface area contributed by atoms with Crippen molar-refractivity contribution < 1.29 is 4.92 Å². The van der Waals surface area contributed by atoms with Gasteiger partial charge in [0.2, 0.25) is 0 Å². The summed E-state index contributed by atoms with van der Waals surface area (Å²) in [5.41, 5.74) is 0.665. The van der Waals surface area contributed by atoms with E-state index in [2.05, 4.69) is 31.4 Å². The number of anilines is 1. The first kappa shape index (κ1) is 13.2. The molecule has 1 heterocycles. The number of para-hydroxylation sites is 1. The molecule has 0 radical (unpaired) electrons. The molecule has 0 spiro atoms. The van der Waals surface area contributed by atoms with Crippen LogP contribution in [-0.4, -0.2) is 15.1 Å². The molecule has 0 unspecified atom stereocenters. The van der Waals surface area contributed by atoms with Gasteiger partial charge < -0.3 is 5.32 Å². The number of aromatic amines is 1. The zero-order valence-corrected chi connectivity index (χ0v) is 11.2. The summed E-state index contributed by atoms with van der Waals surface area (Å²) in [6.45, 7) is 0.223. The van der Waals surface area contributed by atoms with Crippen LogP contribution in [0.15, 0.2) is 39.7 Å². The van der Waals surface area contributed by atoms with Gasteiger partial charge in [0.1, 0.15) is 4.47 Å². The van der Waals surface area contributed by atoms with Gasteiger partial charge in [-0.25, -0.2) is 5.10 Å². The summed E-state index contributed by atoms with van der Waals surface area (Å²) in [6.07, 6.45) is 1.43. The first-order valence-electron chi connectivity index (χ1n) is 5.29. The highest BCUT2D eigenvalue weighted by molar-refractivity contribution is 9.10. The molecule has 7 nitrogen and oxygen atoms in total. The van der Waals surface area contributed by atoms with Crippen LogP contribution in [0.5, 0.6) is 0 Å². The smallest absolute Gasteiger partial charge is 0.280 e. The lowest BCUT2D eigenvalue weighted by Crippen LogP contribution is -2.12. The highest BCUT2D eigenvalue weighted by Gasteiger charge is 2.12. The first-order valence-corrected chi connectivity index (χ1v) is 6.08. The number of nitrogens with one attached hydrogen (secondary N) is 2. The Morgan fingerprint density at radius 3 is 2.89 bits per heavy atom. The number of nitro benzene ring substituents is 1. The van der Waals surface area contributed by atoms with Gasteiger partial charge in [0.15, 0.2) is 0 Å². The van der Waals surface area contributed by atoms with Crippen molar-refractivity contribution in [1.82, 2.24) is 10.2 Å². The number of halogens is 1. The minimum atomic E-state index is -0.442. The Morgan fingerprint density at radius 2 is 2.16 bits per heavy atom. The van der Waals surface area contributed by atoms with E-state index >= 15 is 0 Å². The molecule has 0 saturated carbocycles. The Bertz CT molecular complexity index is 671. The summed E-state index contributed by atoms with van der Waals surface area (Å²) in [5, 5.41) is 19.7. The minimum absolute atomic E-state index is 0.0314. The van der Waals surface area contributed by atoms with E-state index in [1.165, 1.54) is 12.3 Å². The van der Waals surface area contributed by atoms with Crippen molar-refractivity contribution in [2.75, 3.05) is 5.32 Å². The first-order chi connectivity index (χ1) is 9.09. The van der Waals surface area contributed by atoms with Crippen molar-refractivity contribution in [1.29, 1.82) is 0 Å². The number of hydrogen-bond donors (Lipinski definition) is 2. The summed E-state index contributed by atoms with van der Waals surface area (Å²) in [5.74, 6) is 0. The summed E-state index contributed by atoms with van der Waals surface area (Å²) >= 11 is 3.12. The predicted molar refractivity (Wildman–Crippen MR) is 73.0 cm³/mol. The van der Waals surface area contributed by atoms with Gasteiger partial charge in [0, 0.05) is 18.2 Å². The standard InChI is InChI=1S/C11H9BrN4O3/c12-10-8(6-14-15-11(10)17)13-5-7-3-1-2-4-9(7)16(18)19/h1-4,6H,5H2,(H2,13,15,17). The SMILES string of the molecule is O=c1[nH]ncc(NCc2ccccc2[N+](=O)[O-])c1Br. The van der Waals surface area contributed by atoms with Gasteiger partial charge in [-0.15, -0.1) is 0 Å². The molecule has 0 fully saturated rings. The summed E-state index contributed by atoms with van der Waals surface area (Å²) in [7, 11) is 0. The molecule has 98 valence electrons. The zero-order chi connectivity index (χ0) is 13.8.